The molecule has 5 rings (SSSR count). The highest BCUT2D eigenvalue weighted by Crippen LogP contribution is 2.46. The van der Waals surface area contributed by atoms with Crippen molar-refractivity contribution in [1.29, 1.82) is 0 Å². The number of amides is 1. The highest BCUT2D eigenvalue weighted by Gasteiger charge is 2.40. The molecular formula is C24H28FN5O2. The molecule has 3 aliphatic heterocycles. The summed E-state index contributed by atoms with van der Waals surface area (Å²) >= 11 is 0. The molecule has 0 unspecified atom stereocenters. The molecule has 2 aromatic carbocycles. The van der Waals surface area contributed by atoms with Crippen molar-refractivity contribution in [2.75, 3.05) is 43.6 Å². The predicted molar refractivity (Wildman–Crippen MR) is 124 cm³/mol. The van der Waals surface area contributed by atoms with E-state index in [2.05, 4.69) is 41.3 Å². The number of carbonyl (C=O) groups excluding carboxylic acids is 1. The second-order valence-corrected chi connectivity index (χ2v) is 9.20. The summed E-state index contributed by atoms with van der Waals surface area (Å²) < 4.78 is 20.9. The van der Waals surface area contributed by atoms with Gasteiger partial charge in [0.2, 0.25) is 0 Å². The van der Waals surface area contributed by atoms with Gasteiger partial charge in [0, 0.05) is 37.0 Å². The molecule has 7 nitrogen and oxygen atoms in total. The summed E-state index contributed by atoms with van der Waals surface area (Å²) in [5.41, 5.74) is 5.42. The molecule has 3 aliphatic rings. The molecule has 2 aromatic rings. The number of hydrazone groups is 1. The first-order valence-corrected chi connectivity index (χ1v) is 10.9. The summed E-state index contributed by atoms with van der Waals surface area (Å²) in [4.78, 5) is 18.8. The Hall–Kier alpha value is -3.13. The fourth-order valence-electron chi connectivity index (χ4n) is 4.97. The zero-order chi connectivity index (χ0) is 22.6. The van der Waals surface area contributed by atoms with E-state index in [9.17, 15) is 9.18 Å². The molecule has 0 spiro atoms. The van der Waals surface area contributed by atoms with Gasteiger partial charge in [-0.3, -0.25) is 4.79 Å². The Morgan fingerprint density at radius 2 is 2.06 bits per heavy atom. The number of carbonyl (C=O) groups is 1. The lowest BCUT2D eigenvalue weighted by atomic mass is 9.94. The third kappa shape index (κ3) is 3.21. The third-order valence-corrected chi connectivity index (χ3v) is 7.01. The first-order chi connectivity index (χ1) is 15.3. The molecule has 3 heterocycles. The number of amidine groups is 1. The van der Waals surface area contributed by atoms with Gasteiger partial charge in [-0.15, -0.1) is 0 Å². The van der Waals surface area contributed by atoms with E-state index < -0.39 is 6.04 Å². The van der Waals surface area contributed by atoms with Crippen molar-refractivity contribution >= 4 is 23.1 Å². The van der Waals surface area contributed by atoms with Crippen molar-refractivity contribution in [2.24, 2.45) is 5.10 Å². The molecular weight excluding hydrogens is 409 g/mol. The summed E-state index contributed by atoms with van der Waals surface area (Å²) in [6.07, 6.45) is 1.000. The number of benzene rings is 2. The van der Waals surface area contributed by atoms with Gasteiger partial charge >= 0.3 is 0 Å². The molecule has 2 atom stereocenters. The fraction of sp³-hybridized carbons (Fsp3) is 0.417. The van der Waals surface area contributed by atoms with Gasteiger partial charge in [0.15, 0.2) is 5.84 Å². The van der Waals surface area contributed by atoms with Crippen LogP contribution in [0.3, 0.4) is 0 Å². The Bertz CT molecular complexity index is 1120. The topological polar surface area (TPSA) is 60.4 Å². The standard InChI is InChI=1S/C24H28FN5O2/c1-15-23(31)27-26-22-13-32-21-11-17(16-7-5-6-8-18(16)25)19(12-20(21)30(15)22)29(4)24(2)9-10-28(3)14-24/h5-8,11-12,15H,9-10,13-14H2,1-4H3,(H,27,31)/t15-,24-/m0/s1. The number of ether oxygens (including phenoxy) is 1. The molecule has 0 aliphatic carbocycles. The highest BCUT2D eigenvalue weighted by molar-refractivity contribution is 6.10. The van der Waals surface area contributed by atoms with Crippen LogP contribution in [0.5, 0.6) is 5.75 Å². The number of hydrogen-bond acceptors (Lipinski definition) is 6. The molecule has 168 valence electrons. The molecule has 1 amide bonds. The van der Waals surface area contributed by atoms with E-state index in [1.807, 2.05) is 30.0 Å². The first kappa shape index (κ1) is 20.8. The Balaban J connectivity index is 1.70. The number of rotatable bonds is 3. The first-order valence-electron chi connectivity index (χ1n) is 10.9. The summed E-state index contributed by atoms with van der Waals surface area (Å²) in [6.45, 7) is 6.24. The van der Waals surface area contributed by atoms with E-state index in [1.165, 1.54) is 6.07 Å². The van der Waals surface area contributed by atoms with Gasteiger partial charge in [0.1, 0.15) is 24.2 Å². The molecule has 1 N–H and O–H groups in total. The van der Waals surface area contributed by atoms with Gasteiger partial charge in [-0.2, -0.15) is 5.10 Å². The van der Waals surface area contributed by atoms with Crippen LogP contribution < -0.4 is 20.0 Å². The van der Waals surface area contributed by atoms with Crippen LogP contribution in [-0.4, -0.2) is 62.0 Å². The molecule has 0 saturated carbocycles. The number of nitrogens with zero attached hydrogens (tertiary/aromatic N) is 4. The van der Waals surface area contributed by atoms with Crippen LogP contribution in [0.4, 0.5) is 15.8 Å². The van der Waals surface area contributed by atoms with E-state index >= 15 is 0 Å². The van der Waals surface area contributed by atoms with E-state index in [-0.39, 0.29) is 23.9 Å². The smallest absolute Gasteiger partial charge is 0.262 e. The molecule has 32 heavy (non-hydrogen) atoms. The number of halogens is 1. The lowest BCUT2D eigenvalue weighted by Gasteiger charge is -2.42. The van der Waals surface area contributed by atoms with Crippen LogP contribution in [-0.2, 0) is 4.79 Å². The Kier molecular flexibility index (Phi) is 4.85. The molecule has 0 bridgehead atoms. The van der Waals surface area contributed by atoms with Gasteiger partial charge in [-0.1, -0.05) is 18.2 Å². The predicted octanol–water partition coefficient (Wildman–Crippen LogP) is 3.05. The van der Waals surface area contributed by atoms with Crippen molar-refractivity contribution in [3.05, 3.63) is 42.2 Å². The summed E-state index contributed by atoms with van der Waals surface area (Å²) in [5, 5.41) is 4.19. The fourth-order valence-corrected chi connectivity index (χ4v) is 4.97. The average molecular weight is 438 g/mol. The maximum atomic E-state index is 14.9. The second-order valence-electron chi connectivity index (χ2n) is 9.20. The molecule has 0 aromatic heterocycles. The molecule has 8 heteroatoms. The number of likely N-dealkylation sites (tertiary alicyclic amines) is 1. The van der Waals surface area contributed by atoms with Crippen LogP contribution in [0.25, 0.3) is 11.1 Å². The molecule has 0 radical (unpaired) electrons. The largest absolute Gasteiger partial charge is 0.483 e. The third-order valence-electron chi connectivity index (χ3n) is 7.01. The highest BCUT2D eigenvalue weighted by atomic mass is 19.1. The molecule has 1 fully saturated rings. The van der Waals surface area contributed by atoms with Gasteiger partial charge in [0.05, 0.1) is 11.2 Å². The minimum Gasteiger partial charge on any atom is -0.483 e. The second kappa shape index (κ2) is 7.48. The van der Waals surface area contributed by atoms with Gasteiger partial charge in [0.25, 0.3) is 5.91 Å². The maximum Gasteiger partial charge on any atom is 0.262 e. The minimum absolute atomic E-state index is 0.111. The quantitative estimate of drug-likeness (QED) is 0.800. The number of likely N-dealkylation sites (N-methyl/N-ethyl adjacent to an activating group) is 2. The number of anilines is 2. The van der Waals surface area contributed by atoms with Crippen molar-refractivity contribution in [3.63, 3.8) is 0 Å². The Morgan fingerprint density at radius 1 is 1.28 bits per heavy atom. The Morgan fingerprint density at radius 3 is 2.78 bits per heavy atom. The summed E-state index contributed by atoms with van der Waals surface area (Å²) in [5.74, 6) is 0.830. The number of hydrogen-bond donors (Lipinski definition) is 1. The van der Waals surface area contributed by atoms with Crippen LogP contribution >= 0.6 is 0 Å². The van der Waals surface area contributed by atoms with Crippen LogP contribution in [0.1, 0.15) is 20.3 Å². The zero-order valence-corrected chi connectivity index (χ0v) is 18.9. The van der Waals surface area contributed by atoms with Crippen molar-refractivity contribution in [2.45, 2.75) is 31.8 Å². The van der Waals surface area contributed by atoms with Crippen LogP contribution in [0.15, 0.2) is 41.5 Å². The number of fused-ring (bicyclic) bond motifs is 3. The Labute approximate surface area is 187 Å². The van der Waals surface area contributed by atoms with Gasteiger partial charge in [-0.25, -0.2) is 9.82 Å². The van der Waals surface area contributed by atoms with E-state index in [0.29, 0.717) is 17.1 Å². The van der Waals surface area contributed by atoms with Gasteiger partial charge in [-0.05, 0) is 45.5 Å². The lowest BCUT2D eigenvalue weighted by molar-refractivity contribution is -0.122. The number of nitrogens with one attached hydrogen (secondary N) is 1. The lowest BCUT2D eigenvalue weighted by Crippen LogP contribution is -2.55. The van der Waals surface area contributed by atoms with Crippen molar-refractivity contribution in [1.82, 2.24) is 10.3 Å². The molecule has 1 saturated heterocycles. The maximum absolute atomic E-state index is 14.9. The van der Waals surface area contributed by atoms with Crippen molar-refractivity contribution in [3.8, 4) is 16.9 Å². The zero-order valence-electron chi connectivity index (χ0n) is 18.9. The van der Waals surface area contributed by atoms with E-state index in [0.717, 1.165) is 36.4 Å². The normalized spacial score (nSPS) is 24.9. The summed E-state index contributed by atoms with van der Waals surface area (Å²) in [7, 11) is 4.19. The van der Waals surface area contributed by atoms with Crippen LogP contribution in [0, 0.1) is 5.82 Å². The average Bonchev–Trinajstić information content (AvgIpc) is 3.14. The SMILES string of the molecule is C[C@H]1C(=O)NN=C2COc3cc(-c4ccccc4F)c(N(C)[C@@]4(C)CCN(C)C4)cc3N21. The summed E-state index contributed by atoms with van der Waals surface area (Å²) in [6, 6.07) is 10.3. The minimum atomic E-state index is -0.421. The van der Waals surface area contributed by atoms with Crippen molar-refractivity contribution < 1.29 is 13.9 Å². The van der Waals surface area contributed by atoms with E-state index in [4.69, 9.17) is 4.74 Å². The van der Waals surface area contributed by atoms with E-state index in [1.54, 1.807) is 12.1 Å². The van der Waals surface area contributed by atoms with Gasteiger partial charge < -0.3 is 19.4 Å². The van der Waals surface area contributed by atoms with Crippen LogP contribution in [0.2, 0.25) is 0 Å². The monoisotopic (exact) mass is 437 g/mol.